The van der Waals surface area contributed by atoms with Crippen LogP contribution in [0.25, 0.3) is 0 Å². The van der Waals surface area contributed by atoms with Gasteiger partial charge in [0.05, 0.1) is 17.3 Å². The second kappa shape index (κ2) is 6.64. The number of hydrogen-bond acceptors (Lipinski definition) is 4. The normalized spacial score (nSPS) is 12.6. The third-order valence-corrected chi connectivity index (χ3v) is 3.73. The zero-order valence-electron chi connectivity index (χ0n) is 10.5. The number of ether oxygens (including phenoxy) is 1. The van der Waals surface area contributed by atoms with Crippen LogP contribution in [0.15, 0.2) is 35.7 Å². The fourth-order valence-electron chi connectivity index (χ4n) is 1.79. The zero-order chi connectivity index (χ0) is 12.8. The minimum Gasteiger partial charge on any atom is -0.384 e. The molecule has 0 aliphatic carbocycles. The van der Waals surface area contributed by atoms with E-state index in [1.165, 1.54) is 0 Å². The van der Waals surface area contributed by atoms with Gasteiger partial charge in [-0.3, -0.25) is 0 Å². The molecular weight excluding hydrogens is 244 g/mol. The van der Waals surface area contributed by atoms with Gasteiger partial charge in [-0.05, 0) is 5.56 Å². The van der Waals surface area contributed by atoms with Crippen LogP contribution in [-0.2, 0) is 17.6 Å². The van der Waals surface area contributed by atoms with Crippen LogP contribution in [0, 0.1) is 0 Å². The molecular formula is C14H18N2OS. The van der Waals surface area contributed by atoms with E-state index in [4.69, 9.17) is 10.5 Å². The van der Waals surface area contributed by atoms with Crippen molar-refractivity contribution < 1.29 is 4.74 Å². The maximum absolute atomic E-state index is 6.18. The Morgan fingerprint density at radius 2 is 2.11 bits per heavy atom. The Bertz CT molecular complexity index is 470. The van der Waals surface area contributed by atoms with Crippen molar-refractivity contribution in [2.24, 2.45) is 5.73 Å². The van der Waals surface area contributed by atoms with Gasteiger partial charge in [0.1, 0.15) is 0 Å². The maximum Gasteiger partial charge on any atom is 0.0951 e. The van der Waals surface area contributed by atoms with Crippen molar-refractivity contribution in [2.45, 2.75) is 18.9 Å². The lowest BCUT2D eigenvalue weighted by Crippen LogP contribution is -2.13. The number of thiazole rings is 1. The van der Waals surface area contributed by atoms with Gasteiger partial charge < -0.3 is 10.5 Å². The van der Waals surface area contributed by atoms with Gasteiger partial charge in [0.15, 0.2) is 0 Å². The molecule has 0 spiro atoms. The van der Waals surface area contributed by atoms with Crippen LogP contribution in [0.2, 0.25) is 0 Å². The van der Waals surface area contributed by atoms with E-state index in [0.717, 1.165) is 35.7 Å². The lowest BCUT2D eigenvalue weighted by atomic mass is 10.0. The highest BCUT2D eigenvalue weighted by molar-refractivity contribution is 7.09. The molecule has 1 aromatic heterocycles. The van der Waals surface area contributed by atoms with Crippen molar-refractivity contribution >= 4 is 11.3 Å². The standard InChI is InChI=1S/C14H18N2OS/c1-17-8-7-14-16-12(10-18-14)9-13(15)11-5-3-2-4-6-11/h2-6,10,13H,7-9,15H2,1H3. The van der Waals surface area contributed by atoms with E-state index in [0.29, 0.717) is 0 Å². The predicted molar refractivity (Wildman–Crippen MR) is 74.8 cm³/mol. The van der Waals surface area contributed by atoms with Crippen molar-refractivity contribution in [2.75, 3.05) is 13.7 Å². The molecule has 2 N–H and O–H groups in total. The Labute approximate surface area is 112 Å². The molecule has 4 heteroatoms. The Morgan fingerprint density at radius 3 is 2.83 bits per heavy atom. The summed E-state index contributed by atoms with van der Waals surface area (Å²) in [5, 5.41) is 3.21. The molecule has 1 aromatic carbocycles. The number of hydrogen-bond donors (Lipinski definition) is 1. The summed E-state index contributed by atoms with van der Waals surface area (Å²) in [7, 11) is 1.71. The number of nitrogens with two attached hydrogens (primary N) is 1. The molecule has 18 heavy (non-hydrogen) atoms. The topological polar surface area (TPSA) is 48.1 Å². The summed E-state index contributed by atoms with van der Waals surface area (Å²) in [6.45, 7) is 0.720. The first kappa shape index (κ1) is 13.2. The van der Waals surface area contributed by atoms with E-state index in [2.05, 4.69) is 22.5 Å². The number of benzene rings is 1. The van der Waals surface area contributed by atoms with Gasteiger partial charge in [0.2, 0.25) is 0 Å². The fourth-order valence-corrected chi connectivity index (χ4v) is 2.58. The van der Waals surface area contributed by atoms with Crippen molar-refractivity contribution in [3.05, 3.63) is 52.0 Å². The molecule has 0 aliphatic rings. The van der Waals surface area contributed by atoms with Gasteiger partial charge in [-0.1, -0.05) is 30.3 Å². The minimum atomic E-state index is 0.0172. The molecule has 0 saturated heterocycles. The summed E-state index contributed by atoms with van der Waals surface area (Å²) in [6, 6.07) is 10.2. The third-order valence-electron chi connectivity index (χ3n) is 2.78. The molecule has 2 aromatic rings. The smallest absolute Gasteiger partial charge is 0.0951 e. The van der Waals surface area contributed by atoms with Gasteiger partial charge in [-0.25, -0.2) is 4.98 Å². The van der Waals surface area contributed by atoms with Crippen LogP contribution in [0.3, 0.4) is 0 Å². The first-order chi connectivity index (χ1) is 8.79. The molecule has 3 nitrogen and oxygen atoms in total. The predicted octanol–water partition coefficient (Wildman–Crippen LogP) is 2.57. The highest BCUT2D eigenvalue weighted by atomic mass is 32.1. The van der Waals surface area contributed by atoms with E-state index in [1.807, 2.05) is 18.2 Å². The molecule has 96 valence electrons. The molecule has 1 heterocycles. The van der Waals surface area contributed by atoms with Crippen LogP contribution in [0.1, 0.15) is 22.3 Å². The van der Waals surface area contributed by atoms with Crippen molar-refractivity contribution in [3.8, 4) is 0 Å². The van der Waals surface area contributed by atoms with Crippen molar-refractivity contribution in [1.29, 1.82) is 0 Å². The summed E-state index contributed by atoms with van der Waals surface area (Å²) in [5.41, 5.74) is 8.40. The Kier molecular flexibility index (Phi) is 4.87. The van der Waals surface area contributed by atoms with Gasteiger partial charge in [0, 0.05) is 31.4 Å². The summed E-state index contributed by atoms with van der Waals surface area (Å²) in [4.78, 5) is 4.57. The van der Waals surface area contributed by atoms with Crippen molar-refractivity contribution in [3.63, 3.8) is 0 Å². The molecule has 0 bridgehead atoms. The molecule has 1 atom stereocenters. The maximum atomic E-state index is 6.18. The van der Waals surface area contributed by atoms with E-state index >= 15 is 0 Å². The van der Waals surface area contributed by atoms with E-state index in [9.17, 15) is 0 Å². The van der Waals surface area contributed by atoms with Crippen LogP contribution in [0.4, 0.5) is 0 Å². The first-order valence-corrected chi connectivity index (χ1v) is 6.90. The zero-order valence-corrected chi connectivity index (χ0v) is 11.3. The molecule has 1 unspecified atom stereocenters. The molecule has 2 rings (SSSR count). The van der Waals surface area contributed by atoms with Crippen molar-refractivity contribution in [1.82, 2.24) is 4.98 Å². The average Bonchev–Trinajstić information content (AvgIpc) is 2.85. The van der Waals surface area contributed by atoms with Gasteiger partial charge in [-0.15, -0.1) is 11.3 Å². The summed E-state index contributed by atoms with van der Waals surface area (Å²) < 4.78 is 5.05. The largest absolute Gasteiger partial charge is 0.384 e. The molecule has 0 radical (unpaired) electrons. The monoisotopic (exact) mass is 262 g/mol. The number of methoxy groups -OCH3 is 1. The third kappa shape index (κ3) is 3.63. The molecule has 0 saturated carbocycles. The summed E-state index contributed by atoms with van der Waals surface area (Å²) in [5.74, 6) is 0. The van der Waals surface area contributed by atoms with Crippen LogP contribution >= 0.6 is 11.3 Å². The van der Waals surface area contributed by atoms with Crippen LogP contribution in [0.5, 0.6) is 0 Å². The summed E-state index contributed by atoms with van der Waals surface area (Å²) in [6.07, 6.45) is 1.66. The summed E-state index contributed by atoms with van der Waals surface area (Å²) >= 11 is 1.68. The average molecular weight is 262 g/mol. The van der Waals surface area contributed by atoms with Crippen LogP contribution in [-0.4, -0.2) is 18.7 Å². The number of nitrogens with zero attached hydrogens (tertiary/aromatic N) is 1. The van der Waals surface area contributed by atoms with Gasteiger partial charge in [-0.2, -0.15) is 0 Å². The first-order valence-electron chi connectivity index (χ1n) is 6.02. The number of rotatable bonds is 6. The Balaban J connectivity index is 1.95. The quantitative estimate of drug-likeness (QED) is 0.870. The lowest BCUT2D eigenvalue weighted by Gasteiger charge is -2.09. The van der Waals surface area contributed by atoms with E-state index < -0.39 is 0 Å². The number of aromatic nitrogens is 1. The SMILES string of the molecule is COCCc1nc(CC(N)c2ccccc2)cs1. The van der Waals surface area contributed by atoms with Gasteiger partial charge in [0.25, 0.3) is 0 Å². The van der Waals surface area contributed by atoms with Crippen LogP contribution < -0.4 is 5.73 Å². The second-order valence-corrected chi connectivity index (χ2v) is 5.14. The molecule has 0 amide bonds. The molecule has 0 fully saturated rings. The van der Waals surface area contributed by atoms with E-state index in [-0.39, 0.29) is 6.04 Å². The fraction of sp³-hybridized carbons (Fsp3) is 0.357. The molecule has 0 aliphatic heterocycles. The minimum absolute atomic E-state index is 0.0172. The van der Waals surface area contributed by atoms with E-state index in [1.54, 1.807) is 18.4 Å². The van der Waals surface area contributed by atoms with Gasteiger partial charge >= 0.3 is 0 Å². The Morgan fingerprint density at radius 1 is 1.33 bits per heavy atom. The lowest BCUT2D eigenvalue weighted by molar-refractivity contribution is 0.202. The second-order valence-electron chi connectivity index (χ2n) is 4.20. The highest BCUT2D eigenvalue weighted by Crippen LogP contribution is 2.18. The Hall–Kier alpha value is -1.23. The highest BCUT2D eigenvalue weighted by Gasteiger charge is 2.09.